The summed E-state index contributed by atoms with van der Waals surface area (Å²) < 4.78 is 0. The number of aromatic hydroxyl groups is 1. The number of nitrogens with one attached hydrogen (secondary N) is 4. The average Bonchev–Trinajstić information content (AvgIpc) is 3.42. The molecule has 0 saturated carbocycles. The molecule has 0 fully saturated rings. The number of rotatable bonds is 15. The first-order chi connectivity index (χ1) is 18.5. The molecule has 6 atom stereocenters. The van der Waals surface area contributed by atoms with Crippen LogP contribution < -0.4 is 21.7 Å². The maximum Gasteiger partial charge on any atom is 0.326 e. The van der Waals surface area contributed by atoms with Gasteiger partial charge in [0.15, 0.2) is 0 Å². The SMILES string of the molecule is CCC(C)C(NC(=O)C(Cc1ccc(O)cc1)NC(=O)C(NC(=O)C(N)Cc1cnc[nH]1)C(C)CC)C(=O)O. The van der Waals surface area contributed by atoms with E-state index in [1.54, 1.807) is 32.2 Å². The van der Waals surface area contributed by atoms with Crippen molar-refractivity contribution < 1.29 is 29.4 Å². The molecule has 0 radical (unpaired) electrons. The lowest BCUT2D eigenvalue weighted by molar-refractivity contribution is -0.143. The number of phenols is 1. The van der Waals surface area contributed by atoms with E-state index in [9.17, 15) is 29.4 Å². The lowest BCUT2D eigenvalue weighted by Gasteiger charge is -2.28. The average molecular weight is 545 g/mol. The first kappa shape index (κ1) is 31.3. The van der Waals surface area contributed by atoms with Gasteiger partial charge in [-0.1, -0.05) is 52.7 Å². The third-order valence-electron chi connectivity index (χ3n) is 6.91. The van der Waals surface area contributed by atoms with Crippen molar-refractivity contribution in [2.45, 2.75) is 77.5 Å². The highest BCUT2D eigenvalue weighted by Gasteiger charge is 2.33. The topological polar surface area (TPSA) is 200 Å². The minimum absolute atomic E-state index is 0.0329. The quantitative estimate of drug-likeness (QED) is 0.171. The second kappa shape index (κ2) is 14.9. The Morgan fingerprint density at radius 3 is 2.03 bits per heavy atom. The standard InChI is InChI=1S/C27H40N6O6/c1-5-15(3)22(32-24(35)20(28)12-18-13-29-14-30-18)26(37)31-21(11-17-7-9-19(34)10-8-17)25(36)33-23(27(38)39)16(4)6-2/h7-10,13-16,20-23,34H,5-6,11-12,28H2,1-4H3,(H,29,30)(H,31,37)(H,32,35)(H,33,36)(H,38,39). The van der Waals surface area contributed by atoms with Crippen molar-refractivity contribution in [3.8, 4) is 5.75 Å². The summed E-state index contributed by atoms with van der Waals surface area (Å²) in [4.78, 5) is 58.2. The van der Waals surface area contributed by atoms with E-state index in [1.165, 1.54) is 18.5 Å². The fourth-order valence-corrected chi connectivity index (χ4v) is 3.96. The Bertz CT molecular complexity index is 1090. The van der Waals surface area contributed by atoms with Crippen LogP contribution in [0.25, 0.3) is 0 Å². The molecule has 6 unspecified atom stereocenters. The van der Waals surface area contributed by atoms with Crippen molar-refractivity contribution >= 4 is 23.7 Å². The van der Waals surface area contributed by atoms with Crippen LogP contribution in [0.3, 0.4) is 0 Å². The van der Waals surface area contributed by atoms with Crippen LogP contribution in [-0.4, -0.2) is 68.0 Å². The number of carboxylic acids is 1. The Morgan fingerprint density at radius 1 is 0.897 bits per heavy atom. The van der Waals surface area contributed by atoms with E-state index in [0.29, 0.717) is 24.1 Å². The summed E-state index contributed by atoms with van der Waals surface area (Å²) in [5.74, 6) is -3.58. The number of phenolic OH excluding ortho intramolecular Hbond substituents is 1. The Labute approximate surface area is 228 Å². The molecular formula is C27H40N6O6. The van der Waals surface area contributed by atoms with Crippen LogP contribution >= 0.6 is 0 Å². The Morgan fingerprint density at radius 2 is 1.49 bits per heavy atom. The summed E-state index contributed by atoms with van der Waals surface area (Å²) in [7, 11) is 0. The van der Waals surface area contributed by atoms with Crippen LogP contribution in [0.15, 0.2) is 36.8 Å². The third kappa shape index (κ3) is 9.40. The molecule has 0 aliphatic heterocycles. The second-order valence-electron chi connectivity index (χ2n) is 9.90. The number of imidazole rings is 1. The first-order valence-corrected chi connectivity index (χ1v) is 13.1. The van der Waals surface area contributed by atoms with Gasteiger partial charge in [-0.2, -0.15) is 0 Å². The van der Waals surface area contributed by atoms with Crippen LogP contribution in [-0.2, 0) is 32.0 Å². The van der Waals surface area contributed by atoms with Crippen LogP contribution in [0.4, 0.5) is 0 Å². The molecule has 1 aromatic heterocycles. The molecule has 8 N–H and O–H groups in total. The first-order valence-electron chi connectivity index (χ1n) is 13.1. The number of hydrogen-bond donors (Lipinski definition) is 7. The van der Waals surface area contributed by atoms with Gasteiger partial charge in [0.1, 0.15) is 23.9 Å². The smallest absolute Gasteiger partial charge is 0.326 e. The number of hydrogen-bond acceptors (Lipinski definition) is 7. The Balaban J connectivity index is 2.25. The van der Waals surface area contributed by atoms with Crippen molar-refractivity contribution in [1.82, 2.24) is 25.9 Å². The molecule has 12 nitrogen and oxygen atoms in total. The Hall–Kier alpha value is -3.93. The molecular weight excluding hydrogens is 504 g/mol. The highest BCUT2D eigenvalue weighted by Crippen LogP contribution is 2.14. The van der Waals surface area contributed by atoms with Crippen LogP contribution in [0, 0.1) is 11.8 Å². The monoisotopic (exact) mass is 544 g/mol. The number of nitrogens with zero attached hydrogens (tertiary/aromatic N) is 1. The van der Waals surface area contributed by atoms with Gasteiger partial charge in [-0.3, -0.25) is 14.4 Å². The number of aromatic amines is 1. The van der Waals surface area contributed by atoms with Gasteiger partial charge in [-0.05, 0) is 29.5 Å². The zero-order valence-corrected chi connectivity index (χ0v) is 22.8. The van der Waals surface area contributed by atoms with Crippen molar-refractivity contribution in [2.75, 3.05) is 0 Å². The molecule has 1 aromatic carbocycles. The van der Waals surface area contributed by atoms with Gasteiger partial charge in [-0.15, -0.1) is 0 Å². The number of nitrogens with two attached hydrogens (primary N) is 1. The zero-order valence-electron chi connectivity index (χ0n) is 22.8. The van der Waals surface area contributed by atoms with Gasteiger partial charge in [0.25, 0.3) is 0 Å². The minimum Gasteiger partial charge on any atom is -0.508 e. The molecule has 0 aliphatic carbocycles. The fraction of sp³-hybridized carbons (Fsp3) is 0.519. The van der Waals surface area contributed by atoms with E-state index in [-0.39, 0.29) is 30.4 Å². The molecule has 0 spiro atoms. The number of H-pyrrole nitrogens is 1. The predicted octanol–water partition coefficient (Wildman–Crippen LogP) is 0.859. The van der Waals surface area contributed by atoms with E-state index in [2.05, 4.69) is 25.9 Å². The number of aliphatic carboxylic acids is 1. The zero-order chi connectivity index (χ0) is 29.1. The number of carbonyl (C=O) groups is 4. The molecule has 0 bridgehead atoms. The molecule has 0 saturated heterocycles. The maximum atomic E-state index is 13.5. The van der Waals surface area contributed by atoms with Crippen molar-refractivity contribution in [3.05, 3.63) is 48.0 Å². The number of carbonyl (C=O) groups excluding carboxylic acids is 3. The largest absolute Gasteiger partial charge is 0.508 e. The second-order valence-corrected chi connectivity index (χ2v) is 9.90. The number of benzene rings is 1. The summed E-state index contributed by atoms with van der Waals surface area (Å²) in [6.07, 6.45) is 4.34. The molecule has 39 heavy (non-hydrogen) atoms. The highest BCUT2D eigenvalue weighted by molar-refractivity contribution is 5.94. The third-order valence-corrected chi connectivity index (χ3v) is 6.91. The van der Waals surface area contributed by atoms with Crippen molar-refractivity contribution in [1.29, 1.82) is 0 Å². The lowest BCUT2D eigenvalue weighted by atomic mass is 9.96. The summed E-state index contributed by atoms with van der Waals surface area (Å²) in [6, 6.07) is 1.90. The van der Waals surface area contributed by atoms with Gasteiger partial charge in [0.05, 0.1) is 12.4 Å². The van der Waals surface area contributed by atoms with E-state index in [0.717, 1.165) is 0 Å². The molecule has 3 amide bonds. The van der Waals surface area contributed by atoms with Gasteiger partial charge < -0.3 is 36.9 Å². The van der Waals surface area contributed by atoms with E-state index < -0.39 is 47.9 Å². The molecule has 2 rings (SSSR count). The normalized spacial score (nSPS) is 15.7. The summed E-state index contributed by atoms with van der Waals surface area (Å²) in [5.41, 5.74) is 7.36. The van der Waals surface area contributed by atoms with E-state index in [1.807, 2.05) is 13.8 Å². The summed E-state index contributed by atoms with van der Waals surface area (Å²) >= 11 is 0. The van der Waals surface area contributed by atoms with Gasteiger partial charge in [-0.25, -0.2) is 9.78 Å². The van der Waals surface area contributed by atoms with Gasteiger partial charge in [0.2, 0.25) is 17.7 Å². The fourth-order valence-electron chi connectivity index (χ4n) is 3.96. The minimum atomic E-state index is -1.18. The van der Waals surface area contributed by atoms with Crippen LogP contribution in [0.5, 0.6) is 5.75 Å². The van der Waals surface area contributed by atoms with Gasteiger partial charge >= 0.3 is 5.97 Å². The summed E-state index contributed by atoms with van der Waals surface area (Å²) in [5, 5.41) is 27.2. The van der Waals surface area contributed by atoms with Crippen molar-refractivity contribution in [3.63, 3.8) is 0 Å². The molecule has 1 heterocycles. The van der Waals surface area contributed by atoms with E-state index in [4.69, 9.17) is 5.73 Å². The van der Waals surface area contributed by atoms with Crippen LogP contribution in [0.1, 0.15) is 51.8 Å². The summed E-state index contributed by atoms with van der Waals surface area (Å²) in [6.45, 7) is 7.20. The van der Waals surface area contributed by atoms with Crippen molar-refractivity contribution in [2.24, 2.45) is 17.6 Å². The molecule has 214 valence electrons. The predicted molar refractivity (Wildman–Crippen MR) is 144 cm³/mol. The van der Waals surface area contributed by atoms with Gasteiger partial charge in [0, 0.05) is 24.7 Å². The molecule has 0 aliphatic rings. The number of amides is 3. The number of carboxylic acid groups (broad SMARTS) is 1. The number of aromatic nitrogens is 2. The molecule has 2 aromatic rings. The van der Waals surface area contributed by atoms with Crippen LogP contribution in [0.2, 0.25) is 0 Å². The highest BCUT2D eigenvalue weighted by atomic mass is 16.4. The maximum absolute atomic E-state index is 13.5. The van der Waals surface area contributed by atoms with E-state index >= 15 is 0 Å². The lowest BCUT2D eigenvalue weighted by Crippen LogP contribution is -2.59. The Kier molecular flexibility index (Phi) is 11.9. The molecule has 12 heteroatoms.